The summed E-state index contributed by atoms with van der Waals surface area (Å²) in [5.74, 6) is 0.648. The van der Waals surface area contributed by atoms with Crippen LogP contribution >= 0.6 is 0 Å². The fourth-order valence-corrected chi connectivity index (χ4v) is 3.13. The van der Waals surface area contributed by atoms with E-state index in [2.05, 4.69) is 68.4 Å². The Kier molecular flexibility index (Phi) is 5.00. The van der Waals surface area contributed by atoms with Crippen molar-refractivity contribution >= 4 is 0 Å². The Morgan fingerprint density at radius 2 is 1.84 bits per heavy atom. The Morgan fingerprint density at radius 1 is 1.21 bits per heavy atom. The van der Waals surface area contributed by atoms with Gasteiger partial charge < -0.3 is 5.32 Å². The zero-order chi connectivity index (χ0) is 13.8. The van der Waals surface area contributed by atoms with E-state index in [1.165, 1.54) is 18.4 Å². The molecule has 1 N–H and O–H groups in total. The molecule has 2 heteroatoms. The van der Waals surface area contributed by atoms with Crippen molar-refractivity contribution in [3.8, 4) is 0 Å². The lowest BCUT2D eigenvalue weighted by Crippen LogP contribution is -2.47. The molecule has 2 rings (SSSR count). The van der Waals surface area contributed by atoms with Gasteiger partial charge in [0.15, 0.2) is 0 Å². The molecule has 2 unspecified atom stereocenters. The number of rotatable bonds is 7. The van der Waals surface area contributed by atoms with Crippen LogP contribution in [-0.4, -0.2) is 30.6 Å². The van der Waals surface area contributed by atoms with Crippen LogP contribution in [0.1, 0.15) is 45.2 Å². The molecule has 106 valence electrons. The first-order chi connectivity index (χ1) is 9.15. The van der Waals surface area contributed by atoms with Crippen LogP contribution in [0.5, 0.6) is 0 Å². The molecular formula is C17H28N2. The molecule has 19 heavy (non-hydrogen) atoms. The fraction of sp³-hybridized carbons (Fsp3) is 0.647. The van der Waals surface area contributed by atoms with Gasteiger partial charge in [-0.05, 0) is 37.9 Å². The normalized spacial score (nSPS) is 18.8. The minimum Gasteiger partial charge on any atom is -0.309 e. The van der Waals surface area contributed by atoms with E-state index in [1.54, 1.807) is 0 Å². The molecular weight excluding hydrogens is 232 g/mol. The molecule has 1 saturated carbocycles. The number of nitrogens with one attached hydrogen (secondary N) is 1. The van der Waals surface area contributed by atoms with Crippen molar-refractivity contribution in [3.63, 3.8) is 0 Å². The fourth-order valence-electron chi connectivity index (χ4n) is 3.13. The average molecular weight is 260 g/mol. The van der Waals surface area contributed by atoms with Crippen LogP contribution in [0.2, 0.25) is 0 Å². The van der Waals surface area contributed by atoms with E-state index < -0.39 is 0 Å². The Balaban J connectivity index is 2.23. The summed E-state index contributed by atoms with van der Waals surface area (Å²) in [5.41, 5.74) is 1.41. The predicted molar refractivity (Wildman–Crippen MR) is 82.3 cm³/mol. The zero-order valence-electron chi connectivity index (χ0n) is 12.8. The average Bonchev–Trinajstić information content (AvgIpc) is 3.23. The highest BCUT2D eigenvalue weighted by Gasteiger charge is 2.36. The summed E-state index contributed by atoms with van der Waals surface area (Å²) >= 11 is 0. The third kappa shape index (κ3) is 3.58. The third-order valence-electron chi connectivity index (χ3n) is 4.20. The van der Waals surface area contributed by atoms with Crippen molar-refractivity contribution in [2.45, 2.75) is 51.7 Å². The first-order valence-electron chi connectivity index (χ1n) is 7.65. The second kappa shape index (κ2) is 6.53. The van der Waals surface area contributed by atoms with E-state index in [9.17, 15) is 0 Å². The lowest BCUT2D eigenvalue weighted by Gasteiger charge is -2.38. The van der Waals surface area contributed by atoms with Gasteiger partial charge in [-0.25, -0.2) is 0 Å². The van der Waals surface area contributed by atoms with Crippen LogP contribution in [0.25, 0.3) is 0 Å². The highest BCUT2D eigenvalue weighted by molar-refractivity contribution is 5.21. The molecule has 0 heterocycles. The maximum absolute atomic E-state index is 3.70. The van der Waals surface area contributed by atoms with Crippen LogP contribution in [0.15, 0.2) is 30.3 Å². The summed E-state index contributed by atoms with van der Waals surface area (Å²) in [4.78, 5) is 2.60. The molecule has 0 aromatic heterocycles. The van der Waals surface area contributed by atoms with E-state index in [4.69, 9.17) is 0 Å². The predicted octanol–water partition coefficient (Wildman–Crippen LogP) is 3.46. The van der Waals surface area contributed by atoms with Crippen molar-refractivity contribution in [3.05, 3.63) is 35.9 Å². The Bertz CT molecular complexity index is 370. The van der Waals surface area contributed by atoms with Gasteiger partial charge in [0.2, 0.25) is 0 Å². The largest absolute Gasteiger partial charge is 0.309 e. The van der Waals surface area contributed by atoms with E-state index in [-0.39, 0.29) is 0 Å². The van der Waals surface area contributed by atoms with Crippen LogP contribution < -0.4 is 5.32 Å². The number of hydrogen-bond donors (Lipinski definition) is 1. The molecule has 1 fully saturated rings. The van der Waals surface area contributed by atoms with E-state index >= 15 is 0 Å². The second-order valence-electron chi connectivity index (χ2n) is 6.08. The molecule has 0 bridgehead atoms. The van der Waals surface area contributed by atoms with Gasteiger partial charge in [-0.1, -0.05) is 51.1 Å². The highest BCUT2D eigenvalue weighted by Crippen LogP contribution is 2.34. The number of benzene rings is 1. The van der Waals surface area contributed by atoms with Crippen LogP contribution in [0.3, 0.4) is 0 Å². The van der Waals surface area contributed by atoms with Gasteiger partial charge in [0, 0.05) is 18.1 Å². The quantitative estimate of drug-likeness (QED) is 0.807. The number of likely N-dealkylation sites (N-methyl/N-ethyl adjacent to an activating group) is 2. The Labute approximate surface area is 118 Å². The molecule has 0 radical (unpaired) electrons. The first kappa shape index (κ1) is 14.5. The second-order valence-corrected chi connectivity index (χ2v) is 6.08. The molecule has 1 aliphatic carbocycles. The highest BCUT2D eigenvalue weighted by atomic mass is 15.2. The monoisotopic (exact) mass is 260 g/mol. The van der Waals surface area contributed by atoms with Crippen molar-refractivity contribution < 1.29 is 0 Å². The molecule has 1 aliphatic rings. The van der Waals surface area contributed by atoms with Gasteiger partial charge >= 0.3 is 0 Å². The molecule has 1 aromatic rings. The van der Waals surface area contributed by atoms with Crippen LogP contribution in [0.4, 0.5) is 0 Å². The maximum atomic E-state index is 3.70. The number of hydrogen-bond acceptors (Lipinski definition) is 2. The summed E-state index contributed by atoms with van der Waals surface area (Å²) < 4.78 is 0. The molecule has 2 nitrogen and oxygen atoms in total. The van der Waals surface area contributed by atoms with Crippen molar-refractivity contribution in [2.75, 3.05) is 13.6 Å². The summed E-state index contributed by atoms with van der Waals surface area (Å²) in [6, 6.07) is 12.7. The van der Waals surface area contributed by atoms with Crippen molar-refractivity contribution in [1.29, 1.82) is 0 Å². The Hall–Kier alpha value is -0.860. The number of nitrogens with zero attached hydrogens (tertiary/aromatic N) is 1. The molecule has 0 aliphatic heterocycles. The Morgan fingerprint density at radius 3 is 2.32 bits per heavy atom. The lowest BCUT2D eigenvalue weighted by atomic mass is 9.89. The minimum atomic E-state index is 0.428. The summed E-state index contributed by atoms with van der Waals surface area (Å²) in [6.07, 6.45) is 2.74. The van der Waals surface area contributed by atoms with Gasteiger partial charge in [0.25, 0.3) is 0 Å². The van der Waals surface area contributed by atoms with E-state index in [0.29, 0.717) is 18.0 Å². The van der Waals surface area contributed by atoms with Gasteiger partial charge in [-0.2, -0.15) is 0 Å². The standard InChI is InChI=1S/C17H28N2/c1-5-18-16(14-9-7-6-8-10-14)17(13(2)3)19(4)15-11-12-15/h6-10,13,15-18H,5,11-12H2,1-4H3. The van der Waals surface area contributed by atoms with Gasteiger partial charge in [0.05, 0.1) is 0 Å². The van der Waals surface area contributed by atoms with Gasteiger partial charge in [-0.3, -0.25) is 4.90 Å². The SMILES string of the molecule is CCNC(c1ccccc1)C(C(C)C)N(C)C1CC1. The van der Waals surface area contributed by atoms with Gasteiger partial charge in [-0.15, -0.1) is 0 Å². The molecule has 0 saturated heterocycles. The van der Waals surface area contributed by atoms with Crippen molar-refractivity contribution in [1.82, 2.24) is 10.2 Å². The molecule has 0 spiro atoms. The lowest BCUT2D eigenvalue weighted by molar-refractivity contribution is 0.139. The van der Waals surface area contributed by atoms with Crippen LogP contribution in [0, 0.1) is 5.92 Å². The first-order valence-corrected chi connectivity index (χ1v) is 7.65. The van der Waals surface area contributed by atoms with Gasteiger partial charge in [0.1, 0.15) is 0 Å². The molecule has 2 atom stereocenters. The van der Waals surface area contributed by atoms with E-state index in [1.807, 2.05) is 0 Å². The molecule has 0 amide bonds. The van der Waals surface area contributed by atoms with Crippen LogP contribution in [-0.2, 0) is 0 Å². The summed E-state index contributed by atoms with van der Waals surface area (Å²) in [7, 11) is 2.30. The maximum Gasteiger partial charge on any atom is 0.0480 e. The topological polar surface area (TPSA) is 15.3 Å². The van der Waals surface area contributed by atoms with E-state index in [0.717, 1.165) is 12.6 Å². The molecule has 1 aromatic carbocycles. The summed E-state index contributed by atoms with van der Waals surface area (Å²) in [5, 5.41) is 3.70. The summed E-state index contributed by atoms with van der Waals surface area (Å²) in [6.45, 7) is 7.90. The minimum absolute atomic E-state index is 0.428. The van der Waals surface area contributed by atoms with Crippen molar-refractivity contribution in [2.24, 2.45) is 5.92 Å². The zero-order valence-corrected chi connectivity index (χ0v) is 12.8. The third-order valence-corrected chi connectivity index (χ3v) is 4.20. The smallest absolute Gasteiger partial charge is 0.0480 e.